The van der Waals surface area contributed by atoms with E-state index in [0.717, 1.165) is 51.9 Å². The van der Waals surface area contributed by atoms with Crippen LogP contribution in [0.4, 0.5) is 0 Å². The Morgan fingerprint density at radius 1 is 1.14 bits per heavy atom. The first-order chi connectivity index (χ1) is 10.1. The summed E-state index contributed by atoms with van der Waals surface area (Å²) < 4.78 is 0. The molecule has 0 aliphatic carbocycles. The molecule has 3 atom stereocenters. The first kappa shape index (κ1) is 16.7. The number of hydrogen-bond donors (Lipinski definition) is 1. The molecule has 2 aliphatic rings. The number of likely N-dealkylation sites (N-methyl/N-ethyl adjacent to an activating group) is 2. The average Bonchev–Trinajstić information content (AvgIpc) is 2.73. The Bertz CT molecular complexity index is 349. The summed E-state index contributed by atoms with van der Waals surface area (Å²) in [5, 5.41) is 3.55. The fourth-order valence-corrected chi connectivity index (χ4v) is 3.50. The molecule has 3 unspecified atom stereocenters. The van der Waals surface area contributed by atoms with Crippen molar-refractivity contribution >= 4 is 5.91 Å². The molecule has 0 radical (unpaired) electrons. The molecule has 0 spiro atoms. The highest BCUT2D eigenvalue weighted by atomic mass is 16.2. The van der Waals surface area contributed by atoms with E-state index in [1.807, 2.05) is 0 Å². The molecule has 0 saturated carbocycles. The van der Waals surface area contributed by atoms with Gasteiger partial charge in [0.1, 0.15) is 0 Å². The first-order valence-electron chi connectivity index (χ1n) is 8.52. The monoisotopic (exact) mass is 296 g/mol. The van der Waals surface area contributed by atoms with Crippen molar-refractivity contribution in [2.45, 2.75) is 57.8 Å². The summed E-state index contributed by atoms with van der Waals surface area (Å²) in [5.41, 5.74) is 0. The predicted octanol–water partition coefficient (Wildman–Crippen LogP) is 0.959. The van der Waals surface area contributed by atoms with Crippen LogP contribution in [-0.4, -0.2) is 79.1 Å². The highest BCUT2D eigenvalue weighted by Crippen LogP contribution is 2.20. The Hall–Kier alpha value is -0.650. The molecule has 1 N–H and O–H groups in total. The van der Waals surface area contributed by atoms with E-state index >= 15 is 0 Å². The van der Waals surface area contributed by atoms with Crippen LogP contribution >= 0.6 is 0 Å². The van der Waals surface area contributed by atoms with Gasteiger partial charge in [0.25, 0.3) is 0 Å². The fraction of sp³-hybridized carbons (Fsp3) is 0.938. The zero-order valence-electron chi connectivity index (χ0n) is 14.1. The molecule has 5 heteroatoms. The summed E-state index contributed by atoms with van der Waals surface area (Å²) in [5.74, 6) is 0.317. The maximum atomic E-state index is 12.7. The van der Waals surface area contributed by atoms with E-state index in [2.05, 4.69) is 48.0 Å². The van der Waals surface area contributed by atoms with Crippen LogP contribution in [-0.2, 0) is 4.79 Å². The molecule has 0 bridgehead atoms. The summed E-state index contributed by atoms with van der Waals surface area (Å²) in [6, 6.07) is 0.493. The highest BCUT2D eigenvalue weighted by molar-refractivity contribution is 5.84. The predicted molar refractivity (Wildman–Crippen MR) is 86.2 cm³/mol. The Morgan fingerprint density at radius 3 is 2.52 bits per heavy atom. The maximum absolute atomic E-state index is 12.7. The van der Waals surface area contributed by atoms with Crippen LogP contribution in [0.2, 0.25) is 0 Å². The second-order valence-electron chi connectivity index (χ2n) is 6.70. The lowest BCUT2D eigenvalue weighted by Crippen LogP contribution is -2.56. The third-order valence-electron chi connectivity index (χ3n) is 4.88. The standard InChI is InChI=1S/C16H32N4O/c1-5-7-14-16(21)20(15(17-14)8-6-2)12-13-11-18(3)9-10-19(13)4/h13-15,17H,5-12H2,1-4H3. The fourth-order valence-electron chi connectivity index (χ4n) is 3.50. The van der Waals surface area contributed by atoms with Crippen molar-refractivity contribution < 1.29 is 4.79 Å². The van der Waals surface area contributed by atoms with Gasteiger partial charge in [0.15, 0.2) is 0 Å². The summed E-state index contributed by atoms with van der Waals surface area (Å²) >= 11 is 0. The number of nitrogens with zero attached hydrogens (tertiary/aromatic N) is 3. The van der Waals surface area contributed by atoms with Crippen LogP contribution < -0.4 is 5.32 Å². The Balaban J connectivity index is 2.02. The van der Waals surface area contributed by atoms with Crippen molar-refractivity contribution in [2.24, 2.45) is 0 Å². The molecule has 2 fully saturated rings. The van der Waals surface area contributed by atoms with Crippen molar-refractivity contribution in [1.29, 1.82) is 0 Å². The molecule has 0 aromatic carbocycles. The lowest BCUT2D eigenvalue weighted by atomic mass is 10.1. The molecule has 5 nitrogen and oxygen atoms in total. The Morgan fingerprint density at radius 2 is 1.86 bits per heavy atom. The van der Waals surface area contributed by atoms with Gasteiger partial charge in [-0.2, -0.15) is 0 Å². The summed E-state index contributed by atoms with van der Waals surface area (Å²) in [6.07, 6.45) is 4.41. The molecule has 0 aromatic heterocycles. The lowest BCUT2D eigenvalue weighted by molar-refractivity contribution is -0.131. The van der Waals surface area contributed by atoms with Gasteiger partial charge in [-0.3, -0.25) is 15.0 Å². The van der Waals surface area contributed by atoms with Crippen LogP contribution in [0.1, 0.15) is 39.5 Å². The van der Waals surface area contributed by atoms with E-state index in [0.29, 0.717) is 11.9 Å². The Kier molecular flexibility index (Phi) is 6.02. The molecular formula is C16H32N4O. The topological polar surface area (TPSA) is 38.8 Å². The molecule has 2 rings (SSSR count). The highest BCUT2D eigenvalue weighted by Gasteiger charge is 2.39. The van der Waals surface area contributed by atoms with Gasteiger partial charge < -0.3 is 9.80 Å². The largest absolute Gasteiger partial charge is 0.324 e. The van der Waals surface area contributed by atoms with Gasteiger partial charge in [-0.1, -0.05) is 26.7 Å². The molecule has 2 aliphatic heterocycles. The summed E-state index contributed by atoms with van der Waals surface area (Å²) in [7, 11) is 4.36. The van der Waals surface area contributed by atoms with Crippen molar-refractivity contribution in [3.05, 3.63) is 0 Å². The summed E-state index contributed by atoms with van der Waals surface area (Å²) in [4.78, 5) is 19.6. The number of hydrogen-bond acceptors (Lipinski definition) is 4. The molecular weight excluding hydrogens is 264 g/mol. The van der Waals surface area contributed by atoms with Gasteiger partial charge in [-0.25, -0.2) is 0 Å². The third-order valence-corrected chi connectivity index (χ3v) is 4.88. The van der Waals surface area contributed by atoms with E-state index < -0.39 is 0 Å². The van der Waals surface area contributed by atoms with Crippen LogP contribution in [0.25, 0.3) is 0 Å². The number of carbonyl (C=O) groups excluding carboxylic acids is 1. The number of carbonyl (C=O) groups is 1. The lowest BCUT2D eigenvalue weighted by Gasteiger charge is -2.40. The SMILES string of the molecule is CCCC1NC(CCC)N(CC2CN(C)CCN2C)C1=O. The Labute approximate surface area is 129 Å². The van der Waals surface area contributed by atoms with E-state index in [4.69, 9.17) is 0 Å². The second kappa shape index (κ2) is 7.56. The molecule has 122 valence electrons. The smallest absolute Gasteiger partial charge is 0.241 e. The summed E-state index contributed by atoms with van der Waals surface area (Å²) in [6.45, 7) is 8.47. The normalized spacial score (nSPS) is 32.1. The maximum Gasteiger partial charge on any atom is 0.241 e. The zero-order valence-corrected chi connectivity index (χ0v) is 14.1. The van der Waals surface area contributed by atoms with Gasteiger partial charge in [0.05, 0.1) is 12.2 Å². The number of amides is 1. The van der Waals surface area contributed by atoms with Gasteiger partial charge in [0.2, 0.25) is 5.91 Å². The minimum Gasteiger partial charge on any atom is -0.324 e. The van der Waals surface area contributed by atoms with Crippen LogP contribution in [0.5, 0.6) is 0 Å². The second-order valence-corrected chi connectivity index (χ2v) is 6.70. The molecule has 21 heavy (non-hydrogen) atoms. The van der Waals surface area contributed by atoms with Crippen LogP contribution in [0.15, 0.2) is 0 Å². The minimum atomic E-state index is 0.0400. The van der Waals surface area contributed by atoms with Crippen molar-refractivity contribution in [3.63, 3.8) is 0 Å². The van der Waals surface area contributed by atoms with E-state index in [1.54, 1.807) is 0 Å². The first-order valence-corrected chi connectivity index (χ1v) is 8.52. The van der Waals surface area contributed by atoms with E-state index in [-0.39, 0.29) is 12.2 Å². The molecule has 0 aromatic rings. The number of piperazine rings is 1. The molecule has 1 amide bonds. The van der Waals surface area contributed by atoms with Gasteiger partial charge in [-0.15, -0.1) is 0 Å². The minimum absolute atomic E-state index is 0.0400. The average molecular weight is 296 g/mol. The van der Waals surface area contributed by atoms with Gasteiger partial charge in [0, 0.05) is 32.2 Å². The number of rotatable bonds is 6. The number of nitrogens with one attached hydrogen (secondary N) is 1. The van der Waals surface area contributed by atoms with Crippen molar-refractivity contribution in [3.8, 4) is 0 Å². The van der Waals surface area contributed by atoms with Crippen molar-refractivity contribution in [2.75, 3.05) is 40.3 Å². The van der Waals surface area contributed by atoms with Crippen LogP contribution in [0.3, 0.4) is 0 Å². The molecule has 2 heterocycles. The van der Waals surface area contributed by atoms with E-state index in [1.165, 1.54) is 0 Å². The van der Waals surface area contributed by atoms with E-state index in [9.17, 15) is 4.79 Å². The quantitative estimate of drug-likeness (QED) is 0.792. The van der Waals surface area contributed by atoms with Gasteiger partial charge >= 0.3 is 0 Å². The molecule has 2 saturated heterocycles. The zero-order chi connectivity index (χ0) is 15.4. The van der Waals surface area contributed by atoms with Gasteiger partial charge in [-0.05, 0) is 26.9 Å². The third kappa shape index (κ3) is 3.96. The van der Waals surface area contributed by atoms with Crippen molar-refractivity contribution in [1.82, 2.24) is 20.0 Å². The van der Waals surface area contributed by atoms with Crippen LogP contribution in [0, 0.1) is 0 Å².